The number of benzene rings is 1. The second kappa shape index (κ2) is 3.46. The number of hydrogen-bond donors (Lipinski definition) is 0. The van der Waals surface area contributed by atoms with Crippen LogP contribution >= 0.6 is 11.6 Å². The van der Waals surface area contributed by atoms with Crippen LogP contribution in [0.1, 0.15) is 0 Å². The molecule has 0 amide bonds. The molecule has 0 saturated carbocycles. The van der Waals surface area contributed by atoms with Gasteiger partial charge in [0.05, 0.1) is 16.1 Å². The first-order chi connectivity index (χ1) is 8.16. The summed E-state index contributed by atoms with van der Waals surface area (Å²) in [5, 5.41) is 1.07. The smallest absolute Gasteiger partial charge is 0.267 e. The summed E-state index contributed by atoms with van der Waals surface area (Å²) < 4.78 is 0. The number of aromatic nitrogens is 2. The molecule has 2 aliphatic heterocycles. The van der Waals surface area contributed by atoms with Crippen LogP contribution in [-0.2, 0) is 0 Å². The van der Waals surface area contributed by atoms with Gasteiger partial charge in [0.2, 0.25) is 0 Å². The first-order valence-corrected chi connectivity index (χ1v) is 5.26. The molecule has 3 rings (SSSR count). The topological polar surface area (TPSA) is 59.9 Å². The van der Waals surface area contributed by atoms with Crippen LogP contribution in [0, 0.1) is 10.4 Å². The van der Waals surface area contributed by atoms with Crippen molar-refractivity contribution in [3.63, 3.8) is 0 Å². The van der Waals surface area contributed by atoms with E-state index in [1.807, 2.05) is 0 Å². The lowest BCUT2D eigenvalue weighted by Crippen LogP contribution is -2.01. The van der Waals surface area contributed by atoms with Gasteiger partial charge in [0.1, 0.15) is 0 Å². The fourth-order valence-electron chi connectivity index (χ4n) is 1.82. The summed E-state index contributed by atoms with van der Waals surface area (Å²) in [5.74, 6) is 0. The Bertz CT molecular complexity index is 848. The highest BCUT2D eigenvalue weighted by Crippen LogP contribution is 2.20. The number of hydrogen-bond acceptors (Lipinski definition) is 4. The van der Waals surface area contributed by atoms with E-state index >= 15 is 0 Å². The van der Waals surface area contributed by atoms with Gasteiger partial charge in [-0.05, 0) is 12.1 Å². The Morgan fingerprint density at radius 2 is 1.94 bits per heavy atom. The molecule has 0 aromatic heterocycles. The fraction of sp³-hybridized carbons (Fsp3) is 0. The van der Waals surface area contributed by atoms with Crippen molar-refractivity contribution in [3.8, 4) is 11.3 Å². The van der Waals surface area contributed by atoms with E-state index in [1.54, 1.807) is 24.3 Å². The summed E-state index contributed by atoms with van der Waals surface area (Å²) in [6.45, 7) is 0. The van der Waals surface area contributed by atoms with Crippen molar-refractivity contribution in [1.29, 1.82) is 0 Å². The number of rotatable bonds is 1. The molecule has 4 nitrogen and oxygen atoms in total. The van der Waals surface area contributed by atoms with Crippen LogP contribution in [-0.4, -0.2) is 9.97 Å². The highest BCUT2D eigenvalue weighted by Gasteiger charge is 2.13. The van der Waals surface area contributed by atoms with E-state index in [2.05, 4.69) is 9.97 Å². The quantitative estimate of drug-likeness (QED) is 0.644. The first kappa shape index (κ1) is 10.1. The molecule has 0 fully saturated rings. The lowest BCUT2D eigenvalue weighted by molar-refractivity contribution is 1.23. The molecule has 5 heteroatoms. The van der Waals surface area contributed by atoms with Crippen LogP contribution in [0.2, 0.25) is 5.02 Å². The second-order valence-electron chi connectivity index (χ2n) is 3.63. The molecule has 2 aliphatic rings. The summed E-state index contributed by atoms with van der Waals surface area (Å²) >= 11 is 5.87. The summed E-state index contributed by atoms with van der Waals surface area (Å²) in [7, 11) is 0. The van der Waals surface area contributed by atoms with Crippen molar-refractivity contribution in [2.24, 2.45) is 0 Å². The normalized spacial score (nSPS) is 11.1. The molecule has 0 unspecified atom stereocenters. The maximum atomic E-state index is 11.5. The molecule has 0 bridgehead atoms. The SMILES string of the molecule is O=c1nc(-c2cccc(Cl)c2)c2c(=O)ncc1=2. The Balaban J connectivity index is 2.45. The summed E-state index contributed by atoms with van der Waals surface area (Å²) in [6, 6.07) is 6.86. The Hall–Kier alpha value is -2.07. The van der Waals surface area contributed by atoms with Gasteiger partial charge in [0.15, 0.2) is 0 Å². The molecular formula is C12H5ClN2O2. The average Bonchev–Trinajstić information content (AvgIpc) is 2.82. The van der Waals surface area contributed by atoms with Crippen molar-refractivity contribution in [2.45, 2.75) is 0 Å². The Morgan fingerprint density at radius 1 is 1.12 bits per heavy atom. The predicted molar refractivity (Wildman–Crippen MR) is 62.7 cm³/mol. The molecule has 1 aromatic rings. The Morgan fingerprint density at radius 3 is 2.71 bits per heavy atom. The summed E-state index contributed by atoms with van der Waals surface area (Å²) in [4.78, 5) is 30.6. The van der Waals surface area contributed by atoms with Gasteiger partial charge in [0.25, 0.3) is 11.1 Å². The van der Waals surface area contributed by atoms with Crippen molar-refractivity contribution in [2.75, 3.05) is 0 Å². The van der Waals surface area contributed by atoms with Gasteiger partial charge in [-0.15, -0.1) is 0 Å². The standard InChI is InChI=1S/C12H5ClN2O2/c13-7-3-1-2-6(4-7)10-9-8(11(16)15-10)5-14-12(9)17/h1-5H. The van der Waals surface area contributed by atoms with Crippen LogP contribution < -0.4 is 11.1 Å². The molecular weight excluding hydrogens is 240 g/mol. The van der Waals surface area contributed by atoms with E-state index in [1.165, 1.54) is 6.20 Å². The lowest BCUT2D eigenvalue weighted by atomic mass is 10.1. The fourth-order valence-corrected chi connectivity index (χ4v) is 2.01. The third kappa shape index (κ3) is 1.45. The van der Waals surface area contributed by atoms with Crippen LogP contribution in [0.4, 0.5) is 0 Å². The van der Waals surface area contributed by atoms with Gasteiger partial charge in [-0.3, -0.25) is 9.59 Å². The molecule has 0 atom stereocenters. The van der Waals surface area contributed by atoms with Crippen molar-refractivity contribution < 1.29 is 0 Å². The number of nitrogens with zero attached hydrogens (tertiary/aromatic N) is 2. The number of halogens is 1. The molecule has 0 aliphatic carbocycles. The molecule has 0 N–H and O–H groups in total. The van der Waals surface area contributed by atoms with E-state index < -0.39 is 11.1 Å². The highest BCUT2D eigenvalue weighted by atomic mass is 35.5. The zero-order valence-electron chi connectivity index (χ0n) is 8.48. The van der Waals surface area contributed by atoms with Crippen molar-refractivity contribution >= 4 is 11.6 Å². The molecule has 0 saturated heterocycles. The predicted octanol–water partition coefficient (Wildman–Crippen LogP) is 1.12. The Kier molecular flexibility index (Phi) is 2.06. The highest BCUT2D eigenvalue weighted by molar-refractivity contribution is 6.30. The largest absolute Gasteiger partial charge is 0.280 e. The summed E-state index contributed by atoms with van der Waals surface area (Å²) in [5.41, 5.74) is 0.152. The van der Waals surface area contributed by atoms with E-state index in [9.17, 15) is 9.59 Å². The minimum atomic E-state index is -0.426. The van der Waals surface area contributed by atoms with E-state index in [-0.39, 0.29) is 10.4 Å². The first-order valence-electron chi connectivity index (χ1n) is 4.89. The third-order valence-corrected chi connectivity index (χ3v) is 2.81. The van der Waals surface area contributed by atoms with Crippen molar-refractivity contribution in [3.05, 3.63) is 66.6 Å². The molecule has 17 heavy (non-hydrogen) atoms. The van der Waals surface area contributed by atoms with Gasteiger partial charge in [-0.1, -0.05) is 23.7 Å². The zero-order valence-corrected chi connectivity index (χ0v) is 9.23. The lowest BCUT2D eigenvalue weighted by Gasteiger charge is -1.96. The molecule has 0 spiro atoms. The van der Waals surface area contributed by atoms with Crippen LogP contribution in [0.25, 0.3) is 11.3 Å². The molecule has 1 aromatic carbocycles. The monoisotopic (exact) mass is 244 g/mol. The van der Waals surface area contributed by atoms with Gasteiger partial charge >= 0.3 is 0 Å². The van der Waals surface area contributed by atoms with E-state index in [4.69, 9.17) is 11.6 Å². The molecule has 82 valence electrons. The Labute approximate surface area is 99.9 Å². The third-order valence-electron chi connectivity index (χ3n) is 2.57. The van der Waals surface area contributed by atoms with Crippen molar-refractivity contribution in [1.82, 2.24) is 9.97 Å². The zero-order chi connectivity index (χ0) is 12.0. The van der Waals surface area contributed by atoms with Crippen LogP contribution in [0.15, 0.2) is 40.1 Å². The maximum absolute atomic E-state index is 11.5. The van der Waals surface area contributed by atoms with Crippen LogP contribution in [0.3, 0.4) is 0 Å². The van der Waals surface area contributed by atoms with Crippen LogP contribution in [0.5, 0.6) is 0 Å². The minimum absolute atomic E-state index is 0.268. The maximum Gasteiger partial charge on any atom is 0.280 e. The van der Waals surface area contributed by atoms with E-state index in [0.29, 0.717) is 16.3 Å². The van der Waals surface area contributed by atoms with Gasteiger partial charge in [-0.25, -0.2) is 9.97 Å². The minimum Gasteiger partial charge on any atom is -0.267 e. The van der Waals surface area contributed by atoms with Gasteiger partial charge in [0, 0.05) is 16.8 Å². The van der Waals surface area contributed by atoms with Gasteiger partial charge < -0.3 is 0 Å². The summed E-state index contributed by atoms with van der Waals surface area (Å²) in [6.07, 6.45) is 1.26. The molecule has 0 radical (unpaired) electrons. The van der Waals surface area contributed by atoms with Gasteiger partial charge in [-0.2, -0.15) is 0 Å². The van der Waals surface area contributed by atoms with E-state index in [0.717, 1.165) is 0 Å². The average molecular weight is 245 g/mol. The molecule has 2 heterocycles. The second-order valence-corrected chi connectivity index (χ2v) is 4.06.